The molecule has 156 valence electrons. The van der Waals surface area contributed by atoms with Crippen LogP contribution in [-0.2, 0) is 4.79 Å². The van der Waals surface area contributed by atoms with Crippen molar-refractivity contribution in [2.24, 2.45) is 0 Å². The molecule has 0 atom stereocenters. The maximum Gasteiger partial charge on any atom is 0.270 e. The number of non-ortho nitro benzene ring substituents is 1. The number of rotatable bonds is 6. The van der Waals surface area contributed by atoms with Crippen LogP contribution >= 0.6 is 24.0 Å². The lowest BCUT2D eigenvalue weighted by molar-refractivity contribution is -0.384. The van der Waals surface area contributed by atoms with Gasteiger partial charge in [-0.3, -0.25) is 19.8 Å². The second-order valence-electron chi connectivity index (χ2n) is 6.85. The molecule has 2 aromatic carbocycles. The van der Waals surface area contributed by atoms with Gasteiger partial charge < -0.3 is 0 Å². The van der Waals surface area contributed by atoms with Gasteiger partial charge in [0.15, 0.2) is 0 Å². The van der Waals surface area contributed by atoms with Crippen LogP contribution in [0.5, 0.6) is 0 Å². The van der Waals surface area contributed by atoms with E-state index in [1.165, 1.54) is 23.9 Å². The predicted octanol–water partition coefficient (Wildman–Crippen LogP) is 5.06. The van der Waals surface area contributed by atoms with Crippen molar-refractivity contribution in [1.82, 2.24) is 14.7 Å². The van der Waals surface area contributed by atoms with Crippen LogP contribution in [0.4, 0.5) is 5.69 Å². The van der Waals surface area contributed by atoms with E-state index in [2.05, 4.69) is 5.10 Å². The molecule has 9 heteroatoms. The number of nitro groups is 1. The van der Waals surface area contributed by atoms with E-state index in [0.717, 1.165) is 12.1 Å². The van der Waals surface area contributed by atoms with E-state index in [1.807, 2.05) is 43.5 Å². The molecule has 0 radical (unpaired) electrons. The Bertz CT molecular complexity index is 1200. The van der Waals surface area contributed by atoms with Crippen molar-refractivity contribution < 1.29 is 9.72 Å². The van der Waals surface area contributed by atoms with Gasteiger partial charge in [0.2, 0.25) is 0 Å². The average molecular weight is 451 g/mol. The first kappa shape index (κ1) is 21.0. The molecule has 4 rings (SSSR count). The second-order valence-corrected chi connectivity index (χ2v) is 8.53. The van der Waals surface area contributed by atoms with E-state index in [9.17, 15) is 14.9 Å². The molecule has 1 aliphatic rings. The molecule has 1 fully saturated rings. The number of aromatic nitrogens is 2. The number of benzene rings is 2. The van der Waals surface area contributed by atoms with E-state index < -0.39 is 4.92 Å². The third-order valence-electron chi connectivity index (χ3n) is 4.70. The molecular weight excluding hydrogens is 432 g/mol. The molecule has 1 aliphatic heterocycles. The van der Waals surface area contributed by atoms with Crippen molar-refractivity contribution in [3.05, 3.63) is 81.4 Å². The SMILES string of the molecule is CCCN1C(=O)/C(=C/c2cn(-c3ccccc3)nc2-c2cccc([N+](=O)[O-])c2)SC1=S. The van der Waals surface area contributed by atoms with Crippen molar-refractivity contribution in [3.8, 4) is 16.9 Å². The zero-order chi connectivity index (χ0) is 22.0. The van der Waals surface area contributed by atoms with Crippen molar-refractivity contribution in [2.45, 2.75) is 13.3 Å². The van der Waals surface area contributed by atoms with Crippen LogP contribution in [0.3, 0.4) is 0 Å². The standard InChI is InChI=1S/C22H18N4O3S2/c1-2-11-24-21(27)19(31-22(24)30)13-16-14-25(17-8-4-3-5-9-17)23-20(16)15-7-6-10-18(12-15)26(28)29/h3-10,12-14H,2,11H2,1H3/b19-13-. The van der Waals surface area contributed by atoms with Crippen LogP contribution < -0.4 is 0 Å². The summed E-state index contributed by atoms with van der Waals surface area (Å²) in [4.78, 5) is 25.7. The minimum absolute atomic E-state index is 0.0213. The molecule has 0 spiro atoms. The quantitative estimate of drug-likeness (QED) is 0.226. The number of nitro benzene ring substituents is 1. The molecule has 7 nitrogen and oxygen atoms in total. The van der Waals surface area contributed by atoms with E-state index in [-0.39, 0.29) is 11.6 Å². The molecule has 0 aliphatic carbocycles. The molecule has 0 unspecified atom stereocenters. The Labute approximate surface area is 188 Å². The summed E-state index contributed by atoms with van der Waals surface area (Å²) in [5, 5.41) is 15.9. The summed E-state index contributed by atoms with van der Waals surface area (Å²) >= 11 is 6.62. The van der Waals surface area contributed by atoms with Crippen LogP contribution in [0.25, 0.3) is 23.0 Å². The molecule has 2 heterocycles. The summed E-state index contributed by atoms with van der Waals surface area (Å²) in [5.74, 6) is -0.130. The van der Waals surface area contributed by atoms with Gasteiger partial charge in [0.25, 0.3) is 11.6 Å². The number of hydrogen-bond acceptors (Lipinski definition) is 6. The van der Waals surface area contributed by atoms with Crippen molar-refractivity contribution in [3.63, 3.8) is 0 Å². The lowest BCUT2D eigenvalue weighted by Crippen LogP contribution is -2.28. The molecule has 1 saturated heterocycles. The molecule has 3 aromatic rings. The number of para-hydroxylation sites is 1. The topological polar surface area (TPSA) is 81.3 Å². The van der Waals surface area contributed by atoms with Gasteiger partial charge in [-0.15, -0.1) is 0 Å². The van der Waals surface area contributed by atoms with E-state index in [0.29, 0.717) is 32.6 Å². The monoisotopic (exact) mass is 450 g/mol. The van der Waals surface area contributed by atoms with Gasteiger partial charge in [-0.2, -0.15) is 5.10 Å². The Morgan fingerprint density at radius 2 is 1.97 bits per heavy atom. The summed E-state index contributed by atoms with van der Waals surface area (Å²) in [6, 6.07) is 15.9. The van der Waals surface area contributed by atoms with Crippen LogP contribution in [0, 0.1) is 10.1 Å². The molecule has 0 saturated carbocycles. The smallest absolute Gasteiger partial charge is 0.270 e. The van der Waals surface area contributed by atoms with E-state index in [1.54, 1.807) is 27.8 Å². The maximum atomic E-state index is 12.8. The highest BCUT2D eigenvalue weighted by Crippen LogP contribution is 2.35. The first-order valence-corrected chi connectivity index (χ1v) is 10.9. The number of carbonyl (C=O) groups is 1. The van der Waals surface area contributed by atoms with Gasteiger partial charge in [-0.1, -0.05) is 61.2 Å². The minimum Gasteiger partial charge on any atom is -0.293 e. The highest BCUT2D eigenvalue weighted by atomic mass is 32.2. The molecule has 0 bridgehead atoms. The third-order valence-corrected chi connectivity index (χ3v) is 6.08. The molecule has 31 heavy (non-hydrogen) atoms. The van der Waals surface area contributed by atoms with Gasteiger partial charge in [-0.05, 0) is 24.6 Å². The zero-order valence-electron chi connectivity index (χ0n) is 16.6. The fourth-order valence-electron chi connectivity index (χ4n) is 3.25. The Hall–Kier alpha value is -3.30. The number of amides is 1. The predicted molar refractivity (Wildman–Crippen MR) is 126 cm³/mol. The van der Waals surface area contributed by atoms with Crippen LogP contribution in [0.2, 0.25) is 0 Å². The lowest BCUT2D eigenvalue weighted by Gasteiger charge is -2.11. The fourth-order valence-corrected chi connectivity index (χ4v) is 4.55. The fraction of sp³-hybridized carbons (Fsp3) is 0.136. The highest BCUT2D eigenvalue weighted by molar-refractivity contribution is 8.26. The molecule has 1 aromatic heterocycles. The minimum atomic E-state index is -0.437. The highest BCUT2D eigenvalue weighted by Gasteiger charge is 2.31. The molecule has 0 N–H and O–H groups in total. The summed E-state index contributed by atoms with van der Waals surface area (Å²) in [6.07, 6.45) is 4.38. The van der Waals surface area contributed by atoms with E-state index >= 15 is 0 Å². The number of hydrogen-bond donors (Lipinski definition) is 0. The van der Waals surface area contributed by atoms with Crippen LogP contribution in [-0.4, -0.2) is 36.4 Å². The van der Waals surface area contributed by atoms with Crippen molar-refractivity contribution in [2.75, 3.05) is 6.54 Å². The normalized spacial score (nSPS) is 15.1. The van der Waals surface area contributed by atoms with Gasteiger partial charge in [0.05, 0.1) is 15.5 Å². The molecular formula is C22H18N4O3S2. The largest absolute Gasteiger partial charge is 0.293 e. The summed E-state index contributed by atoms with van der Waals surface area (Å²) in [6.45, 7) is 2.57. The van der Waals surface area contributed by atoms with Gasteiger partial charge in [0, 0.05) is 36.0 Å². The maximum absolute atomic E-state index is 12.8. The Kier molecular flexibility index (Phi) is 5.97. The number of thioether (sulfide) groups is 1. The summed E-state index contributed by atoms with van der Waals surface area (Å²) < 4.78 is 2.23. The van der Waals surface area contributed by atoms with Crippen LogP contribution in [0.1, 0.15) is 18.9 Å². The van der Waals surface area contributed by atoms with Gasteiger partial charge in [0.1, 0.15) is 10.0 Å². The second kappa shape index (κ2) is 8.83. The first-order chi connectivity index (χ1) is 15.0. The number of carbonyl (C=O) groups excluding carboxylic acids is 1. The Morgan fingerprint density at radius 3 is 2.68 bits per heavy atom. The third kappa shape index (κ3) is 4.28. The molecule has 1 amide bonds. The Morgan fingerprint density at radius 1 is 1.19 bits per heavy atom. The average Bonchev–Trinajstić information content (AvgIpc) is 3.31. The first-order valence-electron chi connectivity index (χ1n) is 9.63. The van der Waals surface area contributed by atoms with Crippen LogP contribution in [0.15, 0.2) is 65.7 Å². The summed E-state index contributed by atoms with van der Waals surface area (Å²) in [5.41, 5.74) is 2.65. The number of nitrogens with zero attached hydrogens (tertiary/aromatic N) is 4. The van der Waals surface area contributed by atoms with Gasteiger partial charge >= 0.3 is 0 Å². The van der Waals surface area contributed by atoms with Crippen molar-refractivity contribution in [1.29, 1.82) is 0 Å². The van der Waals surface area contributed by atoms with Gasteiger partial charge in [-0.25, -0.2) is 4.68 Å². The lowest BCUT2D eigenvalue weighted by atomic mass is 10.1. The summed E-state index contributed by atoms with van der Waals surface area (Å²) in [7, 11) is 0. The van der Waals surface area contributed by atoms with Crippen molar-refractivity contribution >= 4 is 46.0 Å². The van der Waals surface area contributed by atoms with E-state index in [4.69, 9.17) is 12.2 Å². The Balaban J connectivity index is 1.82. The zero-order valence-corrected chi connectivity index (χ0v) is 18.2. The number of thiocarbonyl (C=S) groups is 1.